The van der Waals surface area contributed by atoms with Crippen molar-refractivity contribution in [3.63, 3.8) is 0 Å². The van der Waals surface area contributed by atoms with Crippen LogP contribution in [-0.2, 0) is 4.52 Å². The Labute approximate surface area is 103 Å². The van der Waals surface area contributed by atoms with Gasteiger partial charge in [-0.1, -0.05) is 50.2 Å². The van der Waals surface area contributed by atoms with Crippen molar-refractivity contribution in [1.29, 1.82) is 0 Å². The van der Waals surface area contributed by atoms with E-state index in [9.17, 15) is 4.89 Å². The Morgan fingerprint density at radius 2 is 1.82 bits per heavy atom. The fraction of sp³-hybridized carbons (Fsp3) is 0.286. The predicted octanol–water partition coefficient (Wildman–Crippen LogP) is 3.44. The standard InChI is InChI=1S/C14H17O2P/c1-11(2)10-16-17(15)14-9-5-7-12-6-3-4-8-13(12)14/h3-9,11,15H,10H2,1-2H3. The Morgan fingerprint density at radius 1 is 1.12 bits per heavy atom. The second-order valence-electron chi connectivity index (χ2n) is 4.46. The lowest BCUT2D eigenvalue weighted by Gasteiger charge is -2.14. The van der Waals surface area contributed by atoms with E-state index in [0.29, 0.717) is 12.5 Å². The molecule has 90 valence electrons. The topological polar surface area (TPSA) is 29.5 Å². The van der Waals surface area contributed by atoms with Crippen LogP contribution in [0.1, 0.15) is 13.8 Å². The van der Waals surface area contributed by atoms with Crippen molar-refractivity contribution in [2.75, 3.05) is 6.61 Å². The molecular weight excluding hydrogens is 231 g/mol. The zero-order valence-corrected chi connectivity index (χ0v) is 11.0. The molecule has 2 rings (SSSR count). The van der Waals surface area contributed by atoms with Gasteiger partial charge in [-0.05, 0) is 22.8 Å². The minimum Gasteiger partial charge on any atom is -0.346 e. The van der Waals surface area contributed by atoms with Crippen molar-refractivity contribution >= 4 is 24.5 Å². The van der Waals surface area contributed by atoms with Gasteiger partial charge in [0.1, 0.15) is 0 Å². The lowest BCUT2D eigenvalue weighted by molar-refractivity contribution is 0.273. The van der Waals surface area contributed by atoms with E-state index in [0.717, 1.165) is 16.1 Å². The molecule has 0 fully saturated rings. The second kappa shape index (κ2) is 5.59. The smallest absolute Gasteiger partial charge is 0.203 e. The summed E-state index contributed by atoms with van der Waals surface area (Å²) >= 11 is 0. The molecule has 0 radical (unpaired) electrons. The van der Waals surface area contributed by atoms with E-state index in [4.69, 9.17) is 4.52 Å². The van der Waals surface area contributed by atoms with Crippen molar-refractivity contribution in [3.05, 3.63) is 42.5 Å². The first-order chi connectivity index (χ1) is 8.18. The van der Waals surface area contributed by atoms with E-state index in [1.807, 2.05) is 42.5 Å². The number of rotatable bonds is 4. The zero-order chi connectivity index (χ0) is 12.3. The molecule has 0 saturated heterocycles. The molecule has 0 bridgehead atoms. The number of hydrogen-bond donors (Lipinski definition) is 1. The molecule has 2 aromatic carbocycles. The molecule has 2 nitrogen and oxygen atoms in total. The SMILES string of the molecule is CC(C)COP(O)c1cccc2ccccc12. The Morgan fingerprint density at radius 3 is 2.59 bits per heavy atom. The molecule has 1 unspecified atom stereocenters. The van der Waals surface area contributed by atoms with Gasteiger partial charge in [-0.25, -0.2) is 0 Å². The van der Waals surface area contributed by atoms with E-state index in [-0.39, 0.29) is 0 Å². The number of benzene rings is 2. The lowest BCUT2D eigenvalue weighted by atomic mass is 10.1. The molecule has 0 heterocycles. The van der Waals surface area contributed by atoms with Crippen LogP contribution in [0.25, 0.3) is 10.8 Å². The van der Waals surface area contributed by atoms with Crippen LogP contribution in [0.5, 0.6) is 0 Å². The molecule has 0 aromatic heterocycles. The largest absolute Gasteiger partial charge is 0.346 e. The zero-order valence-electron chi connectivity index (χ0n) is 10.1. The summed E-state index contributed by atoms with van der Waals surface area (Å²) in [6.07, 6.45) is 0. The molecule has 0 amide bonds. The first-order valence-corrected chi connectivity index (χ1v) is 6.99. The van der Waals surface area contributed by atoms with Gasteiger partial charge in [-0.2, -0.15) is 0 Å². The van der Waals surface area contributed by atoms with E-state index in [1.54, 1.807) is 0 Å². The molecule has 17 heavy (non-hydrogen) atoms. The molecule has 1 N–H and O–H groups in total. The minimum absolute atomic E-state index is 0.433. The highest BCUT2D eigenvalue weighted by Crippen LogP contribution is 2.34. The van der Waals surface area contributed by atoms with Gasteiger partial charge < -0.3 is 9.42 Å². The minimum atomic E-state index is -1.51. The van der Waals surface area contributed by atoms with Crippen LogP contribution in [0.2, 0.25) is 0 Å². The highest BCUT2D eigenvalue weighted by molar-refractivity contribution is 7.55. The first kappa shape index (κ1) is 12.5. The average Bonchev–Trinajstić information content (AvgIpc) is 2.35. The molecule has 0 aliphatic heterocycles. The van der Waals surface area contributed by atoms with Crippen molar-refractivity contribution in [2.45, 2.75) is 13.8 Å². The number of fused-ring (bicyclic) bond motifs is 1. The van der Waals surface area contributed by atoms with Gasteiger partial charge in [0.05, 0.1) is 6.61 Å². The van der Waals surface area contributed by atoms with Crippen molar-refractivity contribution in [2.24, 2.45) is 5.92 Å². The maximum absolute atomic E-state index is 10.1. The summed E-state index contributed by atoms with van der Waals surface area (Å²) in [5.41, 5.74) is 0. The highest BCUT2D eigenvalue weighted by atomic mass is 31.2. The Hall–Kier alpha value is -0.950. The van der Waals surface area contributed by atoms with E-state index >= 15 is 0 Å². The van der Waals surface area contributed by atoms with Gasteiger partial charge >= 0.3 is 0 Å². The predicted molar refractivity (Wildman–Crippen MR) is 73.5 cm³/mol. The van der Waals surface area contributed by atoms with Crippen LogP contribution >= 0.6 is 8.38 Å². The van der Waals surface area contributed by atoms with Crippen molar-refractivity contribution in [1.82, 2.24) is 0 Å². The molecule has 2 aromatic rings. The fourth-order valence-electron chi connectivity index (χ4n) is 1.66. The quantitative estimate of drug-likeness (QED) is 0.840. The van der Waals surface area contributed by atoms with Gasteiger partial charge in [0.25, 0.3) is 0 Å². The molecule has 1 atom stereocenters. The van der Waals surface area contributed by atoms with Crippen LogP contribution in [0, 0.1) is 5.92 Å². The molecule has 0 aliphatic carbocycles. The van der Waals surface area contributed by atoms with Crippen LogP contribution in [-0.4, -0.2) is 11.5 Å². The first-order valence-electron chi connectivity index (χ1n) is 5.78. The van der Waals surface area contributed by atoms with Crippen LogP contribution in [0.4, 0.5) is 0 Å². The Balaban J connectivity index is 2.28. The summed E-state index contributed by atoms with van der Waals surface area (Å²) < 4.78 is 5.52. The van der Waals surface area contributed by atoms with Crippen molar-refractivity contribution in [3.8, 4) is 0 Å². The maximum atomic E-state index is 10.1. The summed E-state index contributed by atoms with van der Waals surface area (Å²) in [5, 5.41) is 3.12. The van der Waals surface area contributed by atoms with E-state index in [1.165, 1.54) is 0 Å². The fourth-order valence-corrected chi connectivity index (χ4v) is 2.87. The van der Waals surface area contributed by atoms with E-state index < -0.39 is 8.38 Å². The summed E-state index contributed by atoms with van der Waals surface area (Å²) in [6.45, 7) is 4.74. The molecule has 0 spiro atoms. The third-order valence-corrected chi connectivity index (χ3v) is 3.70. The van der Waals surface area contributed by atoms with Gasteiger partial charge in [-0.15, -0.1) is 0 Å². The monoisotopic (exact) mass is 248 g/mol. The van der Waals surface area contributed by atoms with Crippen molar-refractivity contribution < 1.29 is 9.42 Å². The van der Waals surface area contributed by atoms with Gasteiger partial charge in [0, 0.05) is 5.30 Å². The second-order valence-corrected chi connectivity index (χ2v) is 5.75. The Bertz CT molecular complexity index is 491. The maximum Gasteiger partial charge on any atom is 0.203 e. The van der Waals surface area contributed by atoms with Crippen LogP contribution in [0.3, 0.4) is 0 Å². The lowest BCUT2D eigenvalue weighted by Crippen LogP contribution is -2.07. The highest BCUT2D eigenvalue weighted by Gasteiger charge is 2.12. The van der Waals surface area contributed by atoms with Gasteiger partial charge in [0.15, 0.2) is 0 Å². The molecule has 0 saturated carbocycles. The number of hydrogen-bond acceptors (Lipinski definition) is 2. The third-order valence-electron chi connectivity index (χ3n) is 2.50. The summed E-state index contributed by atoms with van der Waals surface area (Å²) in [7, 11) is -1.51. The molecule has 3 heteroatoms. The summed E-state index contributed by atoms with van der Waals surface area (Å²) in [5.74, 6) is 0.433. The van der Waals surface area contributed by atoms with Gasteiger partial charge in [-0.3, -0.25) is 0 Å². The average molecular weight is 248 g/mol. The third kappa shape index (κ3) is 3.04. The normalized spacial score (nSPS) is 13.2. The summed E-state index contributed by atoms with van der Waals surface area (Å²) in [4.78, 5) is 10.1. The van der Waals surface area contributed by atoms with Gasteiger partial charge in [0.2, 0.25) is 8.38 Å². The summed E-state index contributed by atoms with van der Waals surface area (Å²) in [6, 6.07) is 14.0. The molecular formula is C14H17O2P. The molecule has 0 aliphatic rings. The van der Waals surface area contributed by atoms with Crippen LogP contribution < -0.4 is 5.30 Å². The Kier molecular flexibility index (Phi) is 4.11. The van der Waals surface area contributed by atoms with E-state index in [2.05, 4.69) is 13.8 Å². The van der Waals surface area contributed by atoms with Crippen LogP contribution in [0.15, 0.2) is 42.5 Å².